The number of benzene rings is 2. The maximum atomic E-state index is 12.9. The average Bonchev–Trinajstić information content (AvgIpc) is 2.68. The SMILES string of the molecule is CCN(C)C(=O)c1c(O)c2ccccc2n(OCc2ccccc2)c1=O. The number of fused-ring (bicyclic) bond motifs is 1. The molecule has 6 heteroatoms. The van der Waals surface area contributed by atoms with Gasteiger partial charge in [-0.05, 0) is 24.6 Å². The van der Waals surface area contributed by atoms with Gasteiger partial charge >= 0.3 is 0 Å². The Kier molecular flexibility index (Phi) is 4.93. The lowest BCUT2D eigenvalue weighted by atomic mass is 10.1. The summed E-state index contributed by atoms with van der Waals surface area (Å²) in [6, 6.07) is 16.2. The highest BCUT2D eigenvalue weighted by molar-refractivity contribution is 6.02. The number of amides is 1. The van der Waals surface area contributed by atoms with Gasteiger partial charge in [-0.15, -0.1) is 4.73 Å². The van der Waals surface area contributed by atoms with Gasteiger partial charge in [0.15, 0.2) is 5.56 Å². The van der Waals surface area contributed by atoms with Crippen molar-refractivity contribution in [3.05, 3.63) is 76.1 Å². The van der Waals surface area contributed by atoms with Crippen LogP contribution in [0.3, 0.4) is 0 Å². The number of nitrogens with zero attached hydrogens (tertiary/aromatic N) is 2. The van der Waals surface area contributed by atoms with Crippen LogP contribution in [0.5, 0.6) is 5.75 Å². The molecule has 0 saturated carbocycles. The van der Waals surface area contributed by atoms with Gasteiger partial charge in [-0.1, -0.05) is 42.5 Å². The van der Waals surface area contributed by atoms with E-state index < -0.39 is 11.5 Å². The van der Waals surface area contributed by atoms with Crippen molar-refractivity contribution >= 4 is 16.8 Å². The summed E-state index contributed by atoms with van der Waals surface area (Å²) in [5, 5.41) is 10.9. The van der Waals surface area contributed by atoms with Crippen LogP contribution in [0, 0.1) is 0 Å². The predicted molar refractivity (Wildman–Crippen MR) is 99.2 cm³/mol. The fourth-order valence-corrected chi connectivity index (χ4v) is 2.67. The molecule has 3 aromatic rings. The molecule has 0 bridgehead atoms. The summed E-state index contributed by atoms with van der Waals surface area (Å²) < 4.78 is 1.08. The summed E-state index contributed by atoms with van der Waals surface area (Å²) >= 11 is 0. The highest BCUT2D eigenvalue weighted by atomic mass is 16.7. The number of para-hydroxylation sites is 1. The molecule has 2 aromatic carbocycles. The number of aromatic nitrogens is 1. The third-order valence-corrected chi connectivity index (χ3v) is 4.25. The second kappa shape index (κ2) is 7.31. The second-order valence-electron chi connectivity index (χ2n) is 5.92. The summed E-state index contributed by atoms with van der Waals surface area (Å²) in [6.07, 6.45) is 0. The van der Waals surface area contributed by atoms with Gasteiger partial charge in [-0.3, -0.25) is 9.59 Å². The van der Waals surface area contributed by atoms with Gasteiger partial charge in [0.2, 0.25) is 0 Å². The molecule has 26 heavy (non-hydrogen) atoms. The first-order valence-corrected chi connectivity index (χ1v) is 8.34. The van der Waals surface area contributed by atoms with Crippen molar-refractivity contribution in [2.45, 2.75) is 13.5 Å². The van der Waals surface area contributed by atoms with Crippen LogP contribution in [0.15, 0.2) is 59.4 Å². The van der Waals surface area contributed by atoms with Gasteiger partial charge in [0, 0.05) is 19.0 Å². The number of hydrogen-bond donors (Lipinski definition) is 1. The first kappa shape index (κ1) is 17.5. The zero-order chi connectivity index (χ0) is 18.7. The van der Waals surface area contributed by atoms with Crippen LogP contribution >= 0.6 is 0 Å². The maximum Gasteiger partial charge on any atom is 0.300 e. The Balaban J connectivity index is 2.14. The predicted octanol–water partition coefficient (Wildman–Crippen LogP) is 2.43. The smallest absolute Gasteiger partial charge is 0.300 e. The van der Waals surface area contributed by atoms with Crippen LogP contribution < -0.4 is 10.4 Å². The van der Waals surface area contributed by atoms with Gasteiger partial charge in [-0.25, -0.2) is 0 Å². The number of hydrogen-bond acceptors (Lipinski definition) is 4. The molecule has 134 valence electrons. The number of pyridine rings is 1. The molecule has 1 aromatic heterocycles. The average molecular weight is 352 g/mol. The molecule has 1 amide bonds. The van der Waals surface area contributed by atoms with Crippen LogP contribution in [-0.4, -0.2) is 34.2 Å². The largest absolute Gasteiger partial charge is 0.506 e. The highest BCUT2D eigenvalue weighted by Gasteiger charge is 2.24. The van der Waals surface area contributed by atoms with Crippen molar-refractivity contribution in [1.29, 1.82) is 0 Å². The molecule has 0 unspecified atom stereocenters. The normalized spacial score (nSPS) is 10.7. The minimum atomic E-state index is -0.678. The molecule has 0 atom stereocenters. The Hall–Kier alpha value is -3.28. The number of aromatic hydroxyl groups is 1. The third-order valence-electron chi connectivity index (χ3n) is 4.25. The molecule has 0 radical (unpaired) electrons. The fraction of sp³-hybridized carbons (Fsp3) is 0.200. The van der Waals surface area contributed by atoms with Crippen molar-refractivity contribution in [3.8, 4) is 5.75 Å². The van der Waals surface area contributed by atoms with Gasteiger partial charge in [0.25, 0.3) is 11.5 Å². The third kappa shape index (κ3) is 3.13. The number of carbonyl (C=O) groups excluding carboxylic acids is 1. The van der Waals surface area contributed by atoms with Crippen LogP contribution in [0.25, 0.3) is 10.9 Å². The second-order valence-corrected chi connectivity index (χ2v) is 5.92. The molecular formula is C20H20N2O4. The topological polar surface area (TPSA) is 71.8 Å². The van der Waals surface area contributed by atoms with E-state index in [4.69, 9.17) is 4.84 Å². The van der Waals surface area contributed by atoms with E-state index in [9.17, 15) is 14.7 Å². The number of carbonyl (C=O) groups is 1. The molecule has 0 saturated heterocycles. The number of rotatable bonds is 5. The van der Waals surface area contributed by atoms with E-state index in [1.807, 2.05) is 30.3 Å². The Morgan fingerprint density at radius 2 is 1.77 bits per heavy atom. The summed E-state index contributed by atoms with van der Waals surface area (Å²) in [5.41, 5.74) is 0.320. The standard InChI is InChI=1S/C20H20N2O4/c1-3-21(2)19(24)17-18(23)15-11-7-8-12-16(15)22(20(17)25)26-13-14-9-5-4-6-10-14/h4-12,23H,3,13H2,1-2H3. The summed E-state index contributed by atoms with van der Waals surface area (Å²) in [4.78, 5) is 32.6. The first-order chi connectivity index (χ1) is 12.5. The summed E-state index contributed by atoms with van der Waals surface area (Å²) in [7, 11) is 1.57. The minimum absolute atomic E-state index is 0.159. The lowest BCUT2D eigenvalue weighted by Crippen LogP contribution is -2.36. The quantitative estimate of drug-likeness (QED) is 0.765. The zero-order valence-electron chi connectivity index (χ0n) is 14.7. The Labute approximate surface area is 150 Å². The molecular weight excluding hydrogens is 332 g/mol. The molecule has 0 aliphatic rings. The molecule has 1 heterocycles. The fourth-order valence-electron chi connectivity index (χ4n) is 2.67. The van der Waals surface area contributed by atoms with Crippen molar-refractivity contribution in [2.24, 2.45) is 0 Å². The van der Waals surface area contributed by atoms with E-state index >= 15 is 0 Å². The summed E-state index contributed by atoms with van der Waals surface area (Å²) in [5.74, 6) is -0.867. The highest BCUT2D eigenvalue weighted by Crippen LogP contribution is 2.26. The van der Waals surface area contributed by atoms with Crippen molar-refractivity contribution < 1.29 is 14.7 Å². The van der Waals surface area contributed by atoms with Crippen molar-refractivity contribution in [2.75, 3.05) is 13.6 Å². The van der Waals surface area contributed by atoms with E-state index in [0.29, 0.717) is 17.4 Å². The molecule has 0 spiro atoms. The van der Waals surface area contributed by atoms with E-state index in [0.717, 1.165) is 10.3 Å². The van der Waals surface area contributed by atoms with Crippen molar-refractivity contribution in [1.82, 2.24) is 9.63 Å². The Morgan fingerprint density at radius 3 is 2.46 bits per heavy atom. The van der Waals surface area contributed by atoms with Crippen LogP contribution in [0.1, 0.15) is 22.8 Å². The molecule has 0 fully saturated rings. The lowest BCUT2D eigenvalue weighted by molar-refractivity contribution is 0.0773. The minimum Gasteiger partial charge on any atom is -0.506 e. The van der Waals surface area contributed by atoms with E-state index in [1.54, 1.807) is 38.2 Å². The van der Waals surface area contributed by atoms with E-state index in [-0.39, 0.29) is 17.9 Å². The first-order valence-electron chi connectivity index (χ1n) is 8.34. The van der Waals surface area contributed by atoms with Crippen LogP contribution in [0.4, 0.5) is 0 Å². The molecule has 0 aliphatic heterocycles. The van der Waals surface area contributed by atoms with Gasteiger partial charge in [-0.2, -0.15) is 0 Å². The van der Waals surface area contributed by atoms with Gasteiger partial charge < -0.3 is 14.8 Å². The molecule has 6 nitrogen and oxygen atoms in total. The molecule has 1 N–H and O–H groups in total. The lowest BCUT2D eigenvalue weighted by Gasteiger charge is -2.18. The summed E-state index contributed by atoms with van der Waals surface area (Å²) in [6.45, 7) is 2.36. The Morgan fingerprint density at radius 1 is 1.12 bits per heavy atom. The zero-order valence-corrected chi connectivity index (χ0v) is 14.7. The van der Waals surface area contributed by atoms with E-state index in [2.05, 4.69) is 0 Å². The monoisotopic (exact) mass is 352 g/mol. The van der Waals surface area contributed by atoms with Crippen LogP contribution in [0.2, 0.25) is 0 Å². The van der Waals surface area contributed by atoms with Gasteiger partial charge in [0.1, 0.15) is 12.4 Å². The maximum absolute atomic E-state index is 12.9. The van der Waals surface area contributed by atoms with Gasteiger partial charge in [0.05, 0.1) is 5.52 Å². The van der Waals surface area contributed by atoms with Crippen LogP contribution in [-0.2, 0) is 6.61 Å². The molecule has 3 rings (SSSR count). The van der Waals surface area contributed by atoms with E-state index in [1.165, 1.54) is 4.90 Å². The molecule has 0 aliphatic carbocycles. The Bertz CT molecular complexity index is 996. The van der Waals surface area contributed by atoms with Crippen molar-refractivity contribution in [3.63, 3.8) is 0 Å².